The van der Waals surface area contributed by atoms with Crippen molar-refractivity contribution in [3.8, 4) is 0 Å². The fourth-order valence-corrected chi connectivity index (χ4v) is 2.33. The van der Waals surface area contributed by atoms with Crippen molar-refractivity contribution < 1.29 is 0 Å². The average Bonchev–Trinajstić information content (AvgIpc) is 2.38. The lowest BCUT2D eigenvalue weighted by atomic mass is 10.2. The molecule has 0 aliphatic rings. The Labute approximate surface area is 103 Å². The lowest BCUT2D eigenvalue weighted by Crippen LogP contribution is -2.14. The fourth-order valence-electron chi connectivity index (χ4n) is 1.90. The Morgan fingerprint density at radius 1 is 1.24 bits per heavy atom. The zero-order chi connectivity index (χ0) is 11.8. The summed E-state index contributed by atoms with van der Waals surface area (Å²) in [5, 5.41) is 9.06. The van der Waals surface area contributed by atoms with E-state index in [1.165, 1.54) is 4.90 Å². The first kappa shape index (κ1) is 10.4. The maximum Gasteiger partial charge on any atom is 0.140 e. The molecule has 3 aromatic rings. The molecule has 0 amide bonds. The summed E-state index contributed by atoms with van der Waals surface area (Å²) in [6.07, 6.45) is 3.91. The van der Waals surface area contributed by atoms with Gasteiger partial charge in [0.25, 0.3) is 0 Å². The van der Waals surface area contributed by atoms with Crippen molar-refractivity contribution in [2.75, 3.05) is 6.26 Å². The van der Waals surface area contributed by atoms with Crippen molar-refractivity contribution in [2.45, 2.75) is 4.90 Å². The Bertz CT molecular complexity index is 761. The van der Waals surface area contributed by atoms with Gasteiger partial charge in [0, 0.05) is 16.5 Å². The number of rotatable bonds is 1. The van der Waals surface area contributed by atoms with Crippen molar-refractivity contribution in [1.82, 2.24) is 9.38 Å². The normalized spacial score (nSPS) is 11.1. The van der Waals surface area contributed by atoms with Gasteiger partial charge in [-0.2, -0.15) is 0 Å². The Kier molecular flexibility index (Phi) is 2.37. The third kappa shape index (κ3) is 1.61. The molecular weight excluding hydrogens is 230 g/mol. The molecule has 17 heavy (non-hydrogen) atoms. The fraction of sp³-hybridized carbons (Fsp3) is 0.0769. The first-order valence-corrected chi connectivity index (χ1v) is 6.52. The van der Waals surface area contributed by atoms with Crippen LogP contribution in [0.1, 0.15) is 0 Å². The molecule has 0 radical (unpaired) electrons. The molecule has 3 rings (SSSR count). The molecule has 4 heteroatoms. The highest BCUT2D eigenvalue weighted by Gasteiger charge is 2.02. The van der Waals surface area contributed by atoms with Crippen LogP contribution in [0.3, 0.4) is 0 Å². The number of thioether (sulfide) groups is 1. The van der Waals surface area contributed by atoms with Gasteiger partial charge in [0.2, 0.25) is 0 Å². The zero-order valence-corrected chi connectivity index (χ0v) is 10.2. The van der Waals surface area contributed by atoms with Gasteiger partial charge in [-0.1, -0.05) is 6.07 Å². The Morgan fingerprint density at radius 2 is 2.12 bits per heavy atom. The first-order valence-electron chi connectivity index (χ1n) is 5.29. The smallest absolute Gasteiger partial charge is 0.140 e. The van der Waals surface area contributed by atoms with E-state index < -0.39 is 0 Å². The van der Waals surface area contributed by atoms with Crippen molar-refractivity contribution in [3.05, 3.63) is 48.1 Å². The number of fused-ring (bicyclic) bond motifs is 2. The summed E-state index contributed by atoms with van der Waals surface area (Å²) in [5.74, 6) is 0. The van der Waals surface area contributed by atoms with Crippen LogP contribution in [0, 0.1) is 5.41 Å². The summed E-state index contributed by atoms with van der Waals surface area (Å²) in [6.45, 7) is 0. The van der Waals surface area contributed by atoms with E-state index in [-0.39, 0.29) is 0 Å². The number of hydrogen-bond donors (Lipinski definition) is 1. The van der Waals surface area contributed by atoms with Crippen molar-refractivity contribution in [1.29, 1.82) is 5.41 Å². The summed E-state index contributed by atoms with van der Waals surface area (Å²) in [5.41, 5.74) is 2.18. The van der Waals surface area contributed by atoms with Crippen LogP contribution in [-0.4, -0.2) is 15.6 Å². The van der Waals surface area contributed by atoms with Crippen LogP contribution >= 0.6 is 11.8 Å². The quantitative estimate of drug-likeness (QED) is 0.525. The van der Waals surface area contributed by atoms with Crippen LogP contribution < -0.4 is 5.49 Å². The van der Waals surface area contributed by atoms with Gasteiger partial charge in [0.1, 0.15) is 11.1 Å². The molecule has 0 bridgehead atoms. The van der Waals surface area contributed by atoms with Gasteiger partial charge in [0.05, 0.1) is 5.52 Å². The molecular formula is C13H11N3S. The van der Waals surface area contributed by atoms with Gasteiger partial charge in [-0.15, -0.1) is 11.8 Å². The molecule has 0 saturated heterocycles. The minimum Gasteiger partial charge on any atom is -0.286 e. The second-order valence-corrected chi connectivity index (χ2v) is 4.65. The third-order valence-electron chi connectivity index (χ3n) is 2.77. The van der Waals surface area contributed by atoms with E-state index in [1.54, 1.807) is 16.2 Å². The van der Waals surface area contributed by atoms with Crippen LogP contribution in [0.25, 0.3) is 16.6 Å². The van der Waals surface area contributed by atoms with E-state index in [0.29, 0.717) is 5.49 Å². The molecule has 0 spiro atoms. The van der Waals surface area contributed by atoms with Crippen LogP contribution in [-0.2, 0) is 0 Å². The summed E-state index contributed by atoms with van der Waals surface area (Å²) >= 11 is 1.69. The van der Waals surface area contributed by atoms with Crippen LogP contribution in [0.5, 0.6) is 0 Å². The molecule has 0 saturated carbocycles. The average molecular weight is 241 g/mol. The van der Waals surface area contributed by atoms with Crippen LogP contribution in [0.2, 0.25) is 0 Å². The van der Waals surface area contributed by atoms with Gasteiger partial charge in [0.15, 0.2) is 0 Å². The molecule has 2 aromatic heterocycles. The summed E-state index contributed by atoms with van der Waals surface area (Å²) in [6, 6.07) is 11.8. The zero-order valence-electron chi connectivity index (χ0n) is 9.34. The topological polar surface area (TPSA) is 41.2 Å². The van der Waals surface area contributed by atoms with Crippen LogP contribution in [0.15, 0.2) is 47.5 Å². The first-order chi connectivity index (χ1) is 8.29. The second-order valence-electron chi connectivity index (χ2n) is 3.77. The second kappa shape index (κ2) is 3.89. The lowest BCUT2D eigenvalue weighted by molar-refractivity contribution is 1.00. The van der Waals surface area contributed by atoms with E-state index >= 15 is 0 Å². The lowest BCUT2D eigenvalue weighted by Gasteiger charge is -2.05. The highest BCUT2D eigenvalue weighted by molar-refractivity contribution is 7.98. The van der Waals surface area contributed by atoms with Crippen LogP contribution in [0.4, 0.5) is 0 Å². The number of nitrogens with one attached hydrogen (secondary N) is 1. The summed E-state index contributed by atoms with van der Waals surface area (Å²) in [7, 11) is 0. The van der Waals surface area contributed by atoms with Gasteiger partial charge in [-0.3, -0.25) is 9.81 Å². The van der Waals surface area contributed by atoms with Crippen molar-refractivity contribution in [3.63, 3.8) is 0 Å². The molecule has 1 N–H and O–H groups in total. The predicted octanol–water partition coefficient (Wildman–Crippen LogP) is 2.69. The minimum atomic E-state index is 0.484. The monoisotopic (exact) mass is 241 g/mol. The largest absolute Gasteiger partial charge is 0.286 e. The summed E-state index contributed by atoms with van der Waals surface area (Å²) < 4.78 is 1.79. The predicted molar refractivity (Wildman–Crippen MR) is 70.3 cm³/mol. The number of pyridine rings is 1. The van der Waals surface area contributed by atoms with E-state index in [4.69, 9.17) is 5.41 Å². The number of aromatic nitrogens is 2. The molecule has 0 aliphatic carbocycles. The van der Waals surface area contributed by atoms with Crippen molar-refractivity contribution >= 4 is 28.3 Å². The standard InChI is InChI=1S/C13H11N3S/c1-17-9-5-6-10-11(8-9)15-12-4-2-3-7-16(12)13(10)14/h2-8,14H,1H3. The van der Waals surface area contributed by atoms with E-state index in [0.717, 1.165) is 16.6 Å². The van der Waals surface area contributed by atoms with E-state index in [1.807, 2.05) is 48.9 Å². The van der Waals surface area contributed by atoms with E-state index in [9.17, 15) is 0 Å². The highest BCUT2D eigenvalue weighted by atomic mass is 32.2. The molecule has 0 atom stereocenters. The van der Waals surface area contributed by atoms with Gasteiger partial charge in [-0.25, -0.2) is 4.98 Å². The highest BCUT2D eigenvalue weighted by Crippen LogP contribution is 2.19. The molecule has 0 unspecified atom stereocenters. The molecule has 3 nitrogen and oxygen atoms in total. The maximum atomic E-state index is 8.18. The summed E-state index contributed by atoms with van der Waals surface area (Å²) in [4.78, 5) is 5.75. The number of benzene rings is 1. The number of hydrogen-bond acceptors (Lipinski definition) is 3. The molecule has 84 valence electrons. The third-order valence-corrected chi connectivity index (χ3v) is 3.50. The molecule has 1 aromatic carbocycles. The molecule has 0 aliphatic heterocycles. The Balaban J connectivity index is 2.50. The van der Waals surface area contributed by atoms with Gasteiger partial charge >= 0.3 is 0 Å². The Hall–Kier alpha value is -1.81. The van der Waals surface area contributed by atoms with Crippen molar-refractivity contribution in [2.24, 2.45) is 0 Å². The van der Waals surface area contributed by atoms with E-state index in [2.05, 4.69) is 4.98 Å². The molecule has 2 heterocycles. The Morgan fingerprint density at radius 3 is 2.94 bits per heavy atom. The van der Waals surface area contributed by atoms with Gasteiger partial charge < -0.3 is 0 Å². The van der Waals surface area contributed by atoms with Gasteiger partial charge in [-0.05, 0) is 36.6 Å². The minimum absolute atomic E-state index is 0.484. The SMILES string of the molecule is CSc1ccc2c(=N)n3ccccc3nc2c1. The number of nitrogens with zero attached hydrogens (tertiary/aromatic N) is 2. The molecule has 0 fully saturated rings. The maximum absolute atomic E-state index is 8.18.